The number of rotatable bonds is 10. The van der Waals surface area contributed by atoms with Gasteiger partial charge >= 0.3 is 0 Å². The lowest BCUT2D eigenvalue weighted by Gasteiger charge is -2.28. The first kappa shape index (κ1) is 28.3. The molecule has 1 N–H and O–H groups in total. The third kappa shape index (κ3) is 6.92. The fraction of sp³-hybridized carbons (Fsp3) is 0.300. The molecular formula is C30H27Cl2F3N2O3. The molecule has 40 heavy (non-hydrogen) atoms. The molecule has 1 fully saturated rings. The number of halogens is 5. The van der Waals surface area contributed by atoms with Crippen molar-refractivity contribution in [2.45, 2.75) is 31.8 Å². The van der Waals surface area contributed by atoms with E-state index in [1.54, 1.807) is 4.90 Å². The minimum atomic E-state index is -0.658. The SMILES string of the molecule is O=C(C1=C(c2ccc(OCCOc3c(Cl)cc(F)cc3Cl)cc2)CCNC1)N(Cc1cc(F)cc(F)c1)C1CC1. The van der Waals surface area contributed by atoms with E-state index in [0.29, 0.717) is 29.9 Å². The van der Waals surface area contributed by atoms with E-state index in [2.05, 4.69) is 5.32 Å². The zero-order chi connectivity index (χ0) is 28.2. The summed E-state index contributed by atoms with van der Waals surface area (Å²) in [5.41, 5.74) is 2.93. The second-order valence-electron chi connectivity index (χ2n) is 9.75. The molecule has 3 aromatic rings. The van der Waals surface area contributed by atoms with E-state index >= 15 is 0 Å². The van der Waals surface area contributed by atoms with Gasteiger partial charge in [0.1, 0.15) is 36.4 Å². The van der Waals surface area contributed by atoms with Gasteiger partial charge in [0, 0.05) is 30.8 Å². The lowest BCUT2D eigenvalue weighted by atomic mass is 9.93. The van der Waals surface area contributed by atoms with E-state index < -0.39 is 17.5 Å². The maximum Gasteiger partial charge on any atom is 0.251 e. The van der Waals surface area contributed by atoms with Gasteiger partial charge in [-0.05, 0) is 78.9 Å². The van der Waals surface area contributed by atoms with E-state index in [1.807, 2.05) is 24.3 Å². The van der Waals surface area contributed by atoms with Crippen molar-refractivity contribution in [3.8, 4) is 11.5 Å². The molecule has 1 saturated carbocycles. The molecule has 5 rings (SSSR count). The normalized spacial score (nSPS) is 15.2. The number of benzene rings is 3. The predicted octanol–water partition coefficient (Wildman–Crippen LogP) is 6.81. The Kier molecular flexibility index (Phi) is 8.88. The first-order valence-corrected chi connectivity index (χ1v) is 13.7. The summed E-state index contributed by atoms with van der Waals surface area (Å²) in [6.07, 6.45) is 2.41. The van der Waals surface area contributed by atoms with Crippen molar-refractivity contribution in [2.24, 2.45) is 0 Å². The minimum Gasteiger partial charge on any atom is -0.490 e. The van der Waals surface area contributed by atoms with Crippen molar-refractivity contribution in [1.82, 2.24) is 10.2 Å². The molecule has 0 unspecified atom stereocenters. The van der Waals surface area contributed by atoms with Crippen LogP contribution in [0.3, 0.4) is 0 Å². The number of hydrogen-bond acceptors (Lipinski definition) is 4. The Morgan fingerprint density at radius 1 is 0.900 bits per heavy atom. The first-order chi connectivity index (χ1) is 19.3. The van der Waals surface area contributed by atoms with Crippen LogP contribution in [0.15, 0.2) is 60.2 Å². The van der Waals surface area contributed by atoms with Crippen LogP contribution >= 0.6 is 23.2 Å². The average molecular weight is 591 g/mol. The number of carbonyl (C=O) groups is 1. The summed E-state index contributed by atoms with van der Waals surface area (Å²) in [4.78, 5) is 15.5. The van der Waals surface area contributed by atoms with Crippen molar-refractivity contribution in [1.29, 1.82) is 0 Å². The molecule has 3 aromatic carbocycles. The van der Waals surface area contributed by atoms with Crippen LogP contribution in [0.5, 0.6) is 11.5 Å². The number of carbonyl (C=O) groups excluding carboxylic acids is 1. The van der Waals surface area contributed by atoms with Gasteiger partial charge in [-0.25, -0.2) is 13.2 Å². The fourth-order valence-electron chi connectivity index (χ4n) is 4.76. The predicted molar refractivity (Wildman–Crippen MR) is 148 cm³/mol. The maximum absolute atomic E-state index is 13.8. The van der Waals surface area contributed by atoms with Crippen molar-refractivity contribution >= 4 is 34.7 Å². The number of amides is 1. The Hall–Kier alpha value is -3.20. The third-order valence-electron chi connectivity index (χ3n) is 6.76. The molecule has 2 aliphatic rings. The highest BCUT2D eigenvalue weighted by atomic mass is 35.5. The van der Waals surface area contributed by atoms with Gasteiger partial charge in [-0.2, -0.15) is 0 Å². The Labute approximate surface area is 240 Å². The van der Waals surface area contributed by atoms with Crippen LogP contribution in [0, 0.1) is 17.5 Å². The van der Waals surface area contributed by atoms with Crippen LogP contribution in [-0.4, -0.2) is 43.2 Å². The Morgan fingerprint density at radius 2 is 1.52 bits per heavy atom. The zero-order valence-corrected chi connectivity index (χ0v) is 23.0. The van der Waals surface area contributed by atoms with Gasteiger partial charge < -0.3 is 19.7 Å². The van der Waals surface area contributed by atoms with Crippen LogP contribution in [0.1, 0.15) is 30.4 Å². The smallest absolute Gasteiger partial charge is 0.251 e. The molecule has 0 bridgehead atoms. The Bertz CT molecular complexity index is 1380. The molecule has 0 saturated heterocycles. The van der Waals surface area contributed by atoms with E-state index in [9.17, 15) is 18.0 Å². The van der Waals surface area contributed by atoms with Crippen LogP contribution < -0.4 is 14.8 Å². The highest BCUT2D eigenvalue weighted by Gasteiger charge is 2.35. The van der Waals surface area contributed by atoms with Crippen molar-refractivity contribution < 1.29 is 27.4 Å². The number of nitrogens with zero attached hydrogens (tertiary/aromatic N) is 1. The lowest BCUT2D eigenvalue weighted by Crippen LogP contribution is -2.39. The summed E-state index contributed by atoms with van der Waals surface area (Å²) in [7, 11) is 0. The standard InChI is InChI=1S/C30H27Cl2F3N2O3/c31-27-14-22(35)15-28(32)29(27)40-10-9-39-24-5-1-19(2-6-24)25-7-8-36-16-26(25)30(38)37(23-3-4-23)17-18-11-20(33)13-21(34)12-18/h1-2,5-6,11-15,23,36H,3-4,7-10,16-17H2. The number of nitrogens with one attached hydrogen (secondary N) is 1. The molecule has 5 nitrogen and oxygen atoms in total. The molecule has 1 aliphatic carbocycles. The highest BCUT2D eigenvalue weighted by Crippen LogP contribution is 2.35. The van der Waals surface area contributed by atoms with Gasteiger partial charge in [-0.3, -0.25) is 4.79 Å². The van der Waals surface area contributed by atoms with Gasteiger partial charge in [0.25, 0.3) is 5.91 Å². The summed E-state index contributed by atoms with van der Waals surface area (Å²) in [6, 6.07) is 13.1. The summed E-state index contributed by atoms with van der Waals surface area (Å²) >= 11 is 12.0. The van der Waals surface area contributed by atoms with Gasteiger partial charge in [-0.15, -0.1) is 0 Å². The molecule has 210 valence electrons. The van der Waals surface area contributed by atoms with Crippen LogP contribution in [0.2, 0.25) is 10.0 Å². The lowest BCUT2D eigenvalue weighted by molar-refractivity contribution is -0.128. The molecule has 0 spiro atoms. The molecule has 0 atom stereocenters. The molecular weight excluding hydrogens is 564 g/mol. The topological polar surface area (TPSA) is 50.8 Å². The summed E-state index contributed by atoms with van der Waals surface area (Å²) in [6.45, 7) is 1.65. The Balaban J connectivity index is 1.26. The zero-order valence-electron chi connectivity index (χ0n) is 21.5. The number of ether oxygens (including phenoxy) is 2. The number of hydrogen-bond donors (Lipinski definition) is 1. The minimum absolute atomic E-state index is 0.0622. The van der Waals surface area contributed by atoms with E-state index in [-0.39, 0.29) is 47.5 Å². The fourth-order valence-corrected chi connectivity index (χ4v) is 5.32. The van der Waals surface area contributed by atoms with Crippen LogP contribution in [-0.2, 0) is 11.3 Å². The van der Waals surface area contributed by atoms with Gasteiger partial charge in [0.15, 0.2) is 5.75 Å². The summed E-state index contributed by atoms with van der Waals surface area (Å²) in [5, 5.41) is 3.44. The summed E-state index contributed by atoms with van der Waals surface area (Å²) in [5.74, 6) is -1.18. The van der Waals surface area contributed by atoms with E-state index in [1.165, 1.54) is 12.1 Å². The van der Waals surface area contributed by atoms with Crippen LogP contribution in [0.25, 0.3) is 5.57 Å². The Morgan fingerprint density at radius 3 is 2.17 bits per heavy atom. The quantitative estimate of drug-likeness (QED) is 0.264. The average Bonchev–Trinajstić information content (AvgIpc) is 3.76. The monoisotopic (exact) mass is 590 g/mol. The molecule has 1 aliphatic heterocycles. The van der Waals surface area contributed by atoms with E-state index in [0.717, 1.165) is 48.7 Å². The summed E-state index contributed by atoms with van der Waals surface area (Å²) < 4.78 is 52.2. The molecule has 0 radical (unpaired) electrons. The molecule has 1 heterocycles. The van der Waals surface area contributed by atoms with Gasteiger partial charge in [0.05, 0.1) is 10.0 Å². The van der Waals surface area contributed by atoms with Crippen molar-refractivity contribution in [3.05, 3.63) is 98.8 Å². The van der Waals surface area contributed by atoms with Crippen molar-refractivity contribution in [2.75, 3.05) is 26.3 Å². The van der Waals surface area contributed by atoms with Crippen molar-refractivity contribution in [3.63, 3.8) is 0 Å². The second kappa shape index (κ2) is 12.5. The maximum atomic E-state index is 13.8. The van der Waals surface area contributed by atoms with E-state index in [4.69, 9.17) is 32.7 Å². The molecule has 1 amide bonds. The van der Waals surface area contributed by atoms with Gasteiger partial charge in [0.2, 0.25) is 0 Å². The third-order valence-corrected chi connectivity index (χ3v) is 7.33. The second-order valence-corrected chi connectivity index (χ2v) is 10.6. The molecule has 0 aromatic heterocycles. The first-order valence-electron chi connectivity index (χ1n) is 13.0. The highest BCUT2D eigenvalue weighted by molar-refractivity contribution is 6.37. The molecule has 10 heteroatoms. The van der Waals surface area contributed by atoms with Crippen LogP contribution in [0.4, 0.5) is 13.2 Å². The van der Waals surface area contributed by atoms with Gasteiger partial charge in [-0.1, -0.05) is 35.3 Å². The largest absolute Gasteiger partial charge is 0.490 e.